The Morgan fingerprint density at radius 3 is 2.22 bits per heavy atom. The minimum atomic E-state index is -3.82. The summed E-state index contributed by atoms with van der Waals surface area (Å²) in [6, 6.07) is 19.1. The molecule has 0 radical (unpaired) electrons. The van der Waals surface area contributed by atoms with E-state index in [1.54, 1.807) is 31.4 Å². The summed E-state index contributed by atoms with van der Waals surface area (Å²) in [6.07, 6.45) is 1.45. The van der Waals surface area contributed by atoms with E-state index in [9.17, 15) is 18.0 Å². The fourth-order valence-electron chi connectivity index (χ4n) is 4.25. The van der Waals surface area contributed by atoms with Crippen molar-refractivity contribution in [2.75, 3.05) is 24.2 Å². The number of carbonyl (C=O) groups is 2. The van der Waals surface area contributed by atoms with Crippen LogP contribution in [0.2, 0.25) is 0 Å². The zero-order chi connectivity index (χ0) is 27.2. The second-order valence-electron chi connectivity index (χ2n) is 9.22. The van der Waals surface area contributed by atoms with Crippen molar-refractivity contribution in [3.63, 3.8) is 0 Å². The lowest BCUT2D eigenvalue weighted by Gasteiger charge is -2.33. The van der Waals surface area contributed by atoms with Crippen molar-refractivity contribution in [2.45, 2.75) is 45.8 Å². The Morgan fingerprint density at radius 1 is 0.973 bits per heavy atom. The average Bonchev–Trinajstić information content (AvgIpc) is 2.86. The Balaban J connectivity index is 2.02. The first-order valence-electron chi connectivity index (χ1n) is 12.2. The molecule has 1 unspecified atom stereocenters. The number of sulfonamides is 1. The number of benzene rings is 3. The van der Waals surface area contributed by atoms with Crippen LogP contribution in [0.15, 0.2) is 66.7 Å². The summed E-state index contributed by atoms with van der Waals surface area (Å²) in [7, 11) is -2.25. The summed E-state index contributed by atoms with van der Waals surface area (Å²) in [5.41, 5.74) is 1.21. The van der Waals surface area contributed by atoms with Crippen LogP contribution in [0.5, 0.6) is 5.75 Å². The quantitative estimate of drug-likeness (QED) is 0.409. The van der Waals surface area contributed by atoms with E-state index in [0.717, 1.165) is 26.9 Å². The predicted molar refractivity (Wildman–Crippen MR) is 147 cm³/mol. The number of methoxy groups -OCH3 is 1. The van der Waals surface area contributed by atoms with Gasteiger partial charge >= 0.3 is 0 Å². The van der Waals surface area contributed by atoms with Crippen LogP contribution in [-0.4, -0.2) is 57.1 Å². The Hall–Kier alpha value is -3.59. The summed E-state index contributed by atoms with van der Waals surface area (Å²) >= 11 is 0. The van der Waals surface area contributed by atoms with Crippen molar-refractivity contribution in [1.29, 1.82) is 0 Å². The Morgan fingerprint density at radius 2 is 1.62 bits per heavy atom. The third-order valence-corrected chi connectivity index (χ3v) is 7.17. The van der Waals surface area contributed by atoms with Gasteiger partial charge in [0.05, 0.1) is 19.1 Å². The van der Waals surface area contributed by atoms with Crippen LogP contribution in [-0.2, 0) is 26.2 Å². The van der Waals surface area contributed by atoms with Gasteiger partial charge in [-0.05, 0) is 49.4 Å². The molecule has 0 aliphatic rings. The smallest absolute Gasteiger partial charge is 0.244 e. The van der Waals surface area contributed by atoms with Crippen LogP contribution >= 0.6 is 0 Å². The Kier molecular flexibility index (Phi) is 9.15. The molecule has 0 bridgehead atoms. The molecule has 8 nitrogen and oxygen atoms in total. The van der Waals surface area contributed by atoms with Gasteiger partial charge in [0, 0.05) is 18.0 Å². The number of hydrogen-bond acceptors (Lipinski definition) is 5. The van der Waals surface area contributed by atoms with E-state index in [1.165, 1.54) is 4.90 Å². The fraction of sp³-hybridized carbons (Fsp3) is 0.357. The van der Waals surface area contributed by atoms with Gasteiger partial charge in [-0.15, -0.1) is 0 Å². The number of fused-ring (bicyclic) bond motifs is 1. The number of anilines is 1. The molecule has 0 aliphatic carbocycles. The maximum absolute atomic E-state index is 13.8. The topological polar surface area (TPSA) is 96.0 Å². The van der Waals surface area contributed by atoms with E-state index in [-0.39, 0.29) is 18.5 Å². The van der Waals surface area contributed by atoms with Crippen LogP contribution in [0.1, 0.15) is 32.8 Å². The number of amides is 2. The fourth-order valence-corrected chi connectivity index (χ4v) is 5.11. The van der Waals surface area contributed by atoms with Crippen molar-refractivity contribution >= 4 is 38.3 Å². The highest BCUT2D eigenvalue weighted by Crippen LogP contribution is 2.29. The van der Waals surface area contributed by atoms with Crippen molar-refractivity contribution in [3.8, 4) is 5.75 Å². The van der Waals surface area contributed by atoms with Crippen LogP contribution < -0.4 is 14.4 Å². The van der Waals surface area contributed by atoms with Gasteiger partial charge in [-0.1, -0.05) is 55.5 Å². The molecule has 37 heavy (non-hydrogen) atoms. The molecule has 1 atom stereocenters. The molecule has 0 saturated heterocycles. The predicted octanol–water partition coefficient (Wildman–Crippen LogP) is 3.95. The van der Waals surface area contributed by atoms with Gasteiger partial charge in [0.1, 0.15) is 18.3 Å². The number of rotatable bonds is 11. The lowest BCUT2D eigenvalue weighted by Crippen LogP contribution is -2.53. The molecular weight excluding hydrogens is 490 g/mol. The molecule has 3 rings (SSSR count). The standard InChI is InChI=1S/C28H35N3O5S/c1-6-25(28(33)29-20(2)3)30(18-21-14-16-23(36-4)17-15-21)27(32)19-31(37(5,34)35)26-13-9-11-22-10-7-8-12-24(22)26/h7-17,20,25H,6,18-19H2,1-5H3,(H,29,33). The van der Waals surface area contributed by atoms with Crippen LogP contribution in [0.4, 0.5) is 5.69 Å². The van der Waals surface area contributed by atoms with Crippen molar-refractivity contribution in [2.24, 2.45) is 0 Å². The Bertz CT molecular complexity index is 1330. The largest absolute Gasteiger partial charge is 0.497 e. The van der Waals surface area contributed by atoms with E-state index >= 15 is 0 Å². The summed E-state index contributed by atoms with van der Waals surface area (Å²) in [5, 5.41) is 4.47. The molecular formula is C28H35N3O5S. The van der Waals surface area contributed by atoms with E-state index in [0.29, 0.717) is 17.9 Å². The van der Waals surface area contributed by atoms with Gasteiger partial charge in [0.2, 0.25) is 21.8 Å². The highest BCUT2D eigenvalue weighted by Gasteiger charge is 2.32. The van der Waals surface area contributed by atoms with Crippen molar-refractivity contribution in [3.05, 3.63) is 72.3 Å². The highest BCUT2D eigenvalue weighted by atomic mass is 32.2. The zero-order valence-electron chi connectivity index (χ0n) is 22.0. The second kappa shape index (κ2) is 12.1. The second-order valence-corrected chi connectivity index (χ2v) is 11.1. The SMILES string of the molecule is CCC(C(=O)NC(C)C)N(Cc1ccc(OC)cc1)C(=O)CN(c1cccc2ccccc12)S(C)(=O)=O. The molecule has 0 fully saturated rings. The first kappa shape index (κ1) is 28.0. The van der Waals surface area contributed by atoms with Crippen LogP contribution in [0.25, 0.3) is 10.8 Å². The minimum Gasteiger partial charge on any atom is -0.497 e. The molecule has 0 spiro atoms. The molecule has 0 saturated carbocycles. The number of nitrogens with zero attached hydrogens (tertiary/aromatic N) is 2. The summed E-state index contributed by atoms with van der Waals surface area (Å²) in [5.74, 6) is -0.0826. The first-order valence-corrected chi connectivity index (χ1v) is 14.1. The normalized spacial score (nSPS) is 12.3. The van der Waals surface area contributed by atoms with E-state index in [2.05, 4.69) is 5.32 Å². The van der Waals surface area contributed by atoms with Crippen LogP contribution in [0, 0.1) is 0 Å². The zero-order valence-corrected chi connectivity index (χ0v) is 22.8. The van der Waals surface area contributed by atoms with Crippen LogP contribution in [0.3, 0.4) is 0 Å². The maximum Gasteiger partial charge on any atom is 0.244 e. The van der Waals surface area contributed by atoms with E-state index < -0.39 is 28.5 Å². The number of carbonyl (C=O) groups excluding carboxylic acids is 2. The average molecular weight is 526 g/mol. The molecule has 0 aromatic heterocycles. The lowest BCUT2D eigenvalue weighted by molar-refractivity contribution is -0.140. The summed E-state index contributed by atoms with van der Waals surface area (Å²) < 4.78 is 32.2. The maximum atomic E-state index is 13.8. The lowest BCUT2D eigenvalue weighted by atomic mass is 10.1. The number of hydrogen-bond donors (Lipinski definition) is 1. The van der Waals surface area contributed by atoms with Gasteiger partial charge in [0.15, 0.2) is 0 Å². The third kappa shape index (κ3) is 7.01. The van der Waals surface area contributed by atoms with Gasteiger partial charge in [-0.2, -0.15) is 0 Å². The summed E-state index contributed by atoms with van der Waals surface area (Å²) in [4.78, 5) is 28.4. The monoisotopic (exact) mass is 525 g/mol. The first-order chi connectivity index (χ1) is 17.5. The minimum absolute atomic E-state index is 0.109. The molecule has 1 N–H and O–H groups in total. The van der Waals surface area contributed by atoms with Gasteiger partial charge < -0.3 is 15.0 Å². The van der Waals surface area contributed by atoms with Gasteiger partial charge in [0.25, 0.3) is 0 Å². The molecule has 9 heteroatoms. The molecule has 198 valence electrons. The number of ether oxygens (including phenoxy) is 1. The molecule has 3 aromatic rings. The third-order valence-electron chi connectivity index (χ3n) is 6.04. The highest BCUT2D eigenvalue weighted by molar-refractivity contribution is 7.92. The number of nitrogens with one attached hydrogen (secondary N) is 1. The van der Waals surface area contributed by atoms with Crippen molar-refractivity contribution < 1.29 is 22.7 Å². The summed E-state index contributed by atoms with van der Waals surface area (Å²) in [6.45, 7) is 5.24. The van der Waals surface area contributed by atoms with Gasteiger partial charge in [-0.3, -0.25) is 13.9 Å². The van der Waals surface area contributed by atoms with Crippen molar-refractivity contribution in [1.82, 2.24) is 10.2 Å². The van der Waals surface area contributed by atoms with Gasteiger partial charge in [-0.25, -0.2) is 8.42 Å². The molecule has 0 heterocycles. The molecule has 3 aromatic carbocycles. The van der Waals surface area contributed by atoms with E-state index in [4.69, 9.17) is 4.74 Å². The molecule has 2 amide bonds. The molecule has 0 aliphatic heterocycles. The Labute approximate surface area is 219 Å². The van der Waals surface area contributed by atoms with E-state index in [1.807, 2.05) is 63.2 Å².